The maximum Gasteiger partial charge on any atom is 0.416 e. The zero-order valence-electron chi connectivity index (χ0n) is 18.4. The normalized spacial score (nSPS) is 11.3. The average molecular weight is 463 g/mol. The van der Waals surface area contributed by atoms with Crippen molar-refractivity contribution in [3.63, 3.8) is 0 Å². The Kier molecular flexibility index (Phi) is 6.06. The molecule has 0 radical (unpaired) electrons. The van der Waals surface area contributed by atoms with Gasteiger partial charge in [0.15, 0.2) is 5.69 Å². The summed E-state index contributed by atoms with van der Waals surface area (Å²) in [6.45, 7) is 1.54. The highest BCUT2D eigenvalue weighted by molar-refractivity contribution is 6.06. The molecular weight excluding hydrogens is 443 g/mol. The quantitative estimate of drug-likeness (QED) is 0.401. The van der Waals surface area contributed by atoms with Crippen LogP contribution in [0.3, 0.4) is 0 Å². The number of alkyl halides is 3. The molecule has 0 spiro atoms. The summed E-state index contributed by atoms with van der Waals surface area (Å²) in [5.41, 5.74) is 0.753. The Morgan fingerprint density at radius 3 is 2.29 bits per heavy atom. The number of hydrogen-bond acceptors (Lipinski definition) is 3. The van der Waals surface area contributed by atoms with Crippen LogP contribution in [-0.2, 0) is 6.18 Å². The first-order chi connectivity index (χ1) is 16.2. The zero-order chi connectivity index (χ0) is 24.5. The van der Waals surface area contributed by atoms with Gasteiger partial charge in [-0.05, 0) is 36.8 Å². The predicted octanol–water partition coefficient (Wildman–Crippen LogP) is 5.50. The van der Waals surface area contributed by atoms with Crippen LogP contribution in [0.4, 0.5) is 18.9 Å². The standard InChI is InChI=1S/C26H20F3N3O2/c1-17-15-23(33)24(30-32(17)20-12-8-11-19(16-20)26(27,28)29)25(34)31(2)22-14-7-6-13-21(22)18-9-4-3-5-10-18/h3-16H,1-2H3. The largest absolute Gasteiger partial charge is 0.416 e. The van der Waals surface area contributed by atoms with Crippen LogP contribution >= 0.6 is 0 Å². The van der Waals surface area contributed by atoms with Gasteiger partial charge in [0, 0.05) is 24.4 Å². The third-order valence-electron chi connectivity index (χ3n) is 5.38. The van der Waals surface area contributed by atoms with Gasteiger partial charge < -0.3 is 4.90 Å². The van der Waals surface area contributed by atoms with Crippen LogP contribution in [-0.4, -0.2) is 22.7 Å². The van der Waals surface area contributed by atoms with Gasteiger partial charge in [-0.2, -0.15) is 18.3 Å². The van der Waals surface area contributed by atoms with Gasteiger partial charge in [0.1, 0.15) is 0 Å². The Morgan fingerprint density at radius 1 is 0.912 bits per heavy atom. The number of carbonyl (C=O) groups excluding carboxylic acids is 1. The lowest BCUT2D eigenvalue weighted by Gasteiger charge is -2.21. The number of aryl methyl sites for hydroxylation is 1. The summed E-state index contributed by atoms with van der Waals surface area (Å²) in [4.78, 5) is 27.3. The molecule has 8 heteroatoms. The van der Waals surface area contributed by atoms with E-state index in [1.54, 1.807) is 12.1 Å². The Bertz CT molecular complexity index is 1410. The summed E-state index contributed by atoms with van der Waals surface area (Å²) < 4.78 is 40.7. The molecule has 1 aromatic heterocycles. The van der Waals surface area contributed by atoms with Gasteiger partial charge in [-0.15, -0.1) is 0 Å². The van der Waals surface area contributed by atoms with Crippen LogP contribution in [0.15, 0.2) is 89.7 Å². The van der Waals surface area contributed by atoms with E-state index < -0.39 is 28.8 Å². The number of benzene rings is 3. The molecule has 4 aromatic rings. The average Bonchev–Trinajstić information content (AvgIpc) is 2.83. The third kappa shape index (κ3) is 4.47. The molecule has 172 valence electrons. The van der Waals surface area contributed by atoms with Gasteiger partial charge in [0.25, 0.3) is 5.91 Å². The van der Waals surface area contributed by atoms with Crippen molar-refractivity contribution in [3.05, 3.63) is 112 Å². The van der Waals surface area contributed by atoms with Crippen LogP contribution in [0.1, 0.15) is 21.7 Å². The van der Waals surface area contributed by atoms with Crippen LogP contribution in [0.25, 0.3) is 16.8 Å². The first-order valence-corrected chi connectivity index (χ1v) is 10.4. The van der Waals surface area contributed by atoms with Crippen molar-refractivity contribution in [1.82, 2.24) is 9.78 Å². The summed E-state index contributed by atoms with van der Waals surface area (Å²) in [6, 6.07) is 22.4. The molecule has 5 nitrogen and oxygen atoms in total. The van der Waals surface area contributed by atoms with E-state index in [-0.39, 0.29) is 5.69 Å². The molecule has 0 aliphatic heterocycles. The summed E-state index contributed by atoms with van der Waals surface area (Å²) in [7, 11) is 1.53. The second kappa shape index (κ2) is 8.97. The Morgan fingerprint density at radius 2 is 1.59 bits per heavy atom. The second-order valence-electron chi connectivity index (χ2n) is 7.71. The van der Waals surface area contributed by atoms with Crippen molar-refractivity contribution in [2.75, 3.05) is 11.9 Å². The lowest BCUT2D eigenvalue weighted by atomic mass is 10.0. The minimum Gasteiger partial charge on any atom is -0.309 e. The SMILES string of the molecule is Cc1cc(=O)c(C(=O)N(C)c2ccccc2-c2ccccc2)nn1-c1cccc(C(F)(F)F)c1. The number of rotatable bonds is 4. The Labute approximate surface area is 193 Å². The number of para-hydroxylation sites is 1. The molecule has 0 atom stereocenters. The van der Waals surface area contributed by atoms with E-state index in [1.807, 2.05) is 42.5 Å². The van der Waals surface area contributed by atoms with Crippen LogP contribution in [0, 0.1) is 6.92 Å². The number of nitrogens with zero attached hydrogens (tertiary/aromatic N) is 3. The van der Waals surface area contributed by atoms with Crippen molar-refractivity contribution in [1.29, 1.82) is 0 Å². The Hall–Kier alpha value is -4.20. The maximum atomic E-state index is 13.3. The molecule has 0 N–H and O–H groups in total. The fourth-order valence-corrected chi connectivity index (χ4v) is 3.67. The van der Waals surface area contributed by atoms with Gasteiger partial charge in [-0.3, -0.25) is 9.59 Å². The Balaban J connectivity index is 1.77. The molecule has 34 heavy (non-hydrogen) atoms. The molecule has 0 aliphatic carbocycles. The van der Waals surface area contributed by atoms with E-state index in [2.05, 4.69) is 5.10 Å². The molecule has 0 bridgehead atoms. The van der Waals surface area contributed by atoms with Crippen LogP contribution < -0.4 is 10.3 Å². The number of anilines is 1. The first-order valence-electron chi connectivity index (χ1n) is 10.4. The number of halogens is 3. The first kappa shape index (κ1) is 23.0. The van der Waals surface area contributed by atoms with Crippen LogP contribution in [0.2, 0.25) is 0 Å². The number of hydrogen-bond donors (Lipinski definition) is 0. The lowest BCUT2D eigenvalue weighted by Crippen LogP contribution is -2.34. The van der Waals surface area contributed by atoms with Crippen molar-refractivity contribution < 1.29 is 18.0 Å². The fraction of sp³-hybridized carbons (Fsp3) is 0.115. The van der Waals surface area contributed by atoms with E-state index in [0.717, 1.165) is 23.3 Å². The molecule has 3 aromatic carbocycles. The smallest absolute Gasteiger partial charge is 0.309 e. The summed E-state index contributed by atoms with van der Waals surface area (Å²) >= 11 is 0. The van der Waals surface area contributed by atoms with Crippen LogP contribution in [0.5, 0.6) is 0 Å². The minimum atomic E-state index is -4.54. The topological polar surface area (TPSA) is 55.2 Å². The van der Waals surface area contributed by atoms with E-state index in [4.69, 9.17) is 0 Å². The zero-order valence-corrected chi connectivity index (χ0v) is 18.4. The van der Waals surface area contributed by atoms with Gasteiger partial charge in [0.05, 0.1) is 16.9 Å². The molecule has 4 rings (SSSR count). The second-order valence-corrected chi connectivity index (χ2v) is 7.71. The maximum absolute atomic E-state index is 13.3. The van der Waals surface area contributed by atoms with Crippen molar-refractivity contribution in [3.8, 4) is 16.8 Å². The van der Waals surface area contributed by atoms with Gasteiger partial charge in [0.2, 0.25) is 5.43 Å². The molecule has 0 aliphatic rings. The van der Waals surface area contributed by atoms with E-state index in [9.17, 15) is 22.8 Å². The minimum absolute atomic E-state index is 0.0914. The molecule has 1 amide bonds. The molecule has 0 unspecified atom stereocenters. The molecule has 0 saturated heterocycles. The van der Waals surface area contributed by atoms with Crippen molar-refractivity contribution >= 4 is 11.6 Å². The summed E-state index contributed by atoms with van der Waals surface area (Å²) in [6.07, 6.45) is -4.54. The number of carbonyl (C=O) groups is 1. The molecule has 0 fully saturated rings. The third-order valence-corrected chi connectivity index (χ3v) is 5.38. The van der Waals surface area contributed by atoms with Gasteiger partial charge in [-0.25, -0.2) is 4.68 Å². The van der Waals surface area contributed by atoms with E-state index in [1.165, 1.54) is 41.8 Å². The van der Waals surface area contributed by atoms with Crippen molar-refractivity contribution in [2.45, 2.75) is 13.1 Å². The molecule has 1 heterocycles. The highest BCUT2D eigenvalue weighted by Crippen LogP contribution is 2.31. The van der Waals surface area contributed by atoms with E-state index >= 15 is 0 Å². The van der Waals surface area contributed by atoms with Gasteiger partial charge >= 0.3 is 6.18 Å². The highest BCUT2D eigenvalue weighted by atomic mass is 19.4. The monoisotopic (exact) mass is 463 g/mol. The summed E-state index contributed by atoms with van der Waals surface area (Å²) in [5, 5.41) is 4.16. The van der Waals surface area contributed by atoms with Crippen molar-refractivity contribution in [2.24, 2.45) is 0 Å². The predicted molar refractivity (Wildman–Crippen MR) is 124 cm³/mol. The fourth-order valence-electron chi connectivity index (χ4n) is 3.67. The number of aromatic nitrogens is 2. The number of amides is 1. The molecule has 0 saturated carbocycles. The molecular formula is C26H20F3N3O2. The highest BCUT2D eigenvalue weighted by Gasteiger charge is 2.31. The lowest BCUT2D eigenvalue weighted by molar-refractivity contribution is -0.137. The van der Waals surface area contributed by atoms with E-state index in [0.29, 0.717) is 11.4 Å². The van der Waals surface area contributed by atoms with Gasteiger partial charge in [-0.1, -0.05) is 54.6 Å². The summed E-state index contributed by atoms with van der Waals surface area (Å²) in [5.74, 6) is -0.672.